The van der Waals surface area contributed by atoms with Gasteiger partial charge in [0.15, 0.2) is 11.5 Å². The van der Waals surface area contributed by atoms with E-state index in [0.717, 1.165) is 17.1 Å². The molecule has 2 rings (SSSR count). The van der Waals surface area contributed by atoms with E-state index >= 15 is 0 Å². The summed E-state index contributed by atoms with van der Waals surface area (Å²) in [6, 6.07) is 5.73. The van der Waals surface area contributed by atoms with Gasteiger partial charge in [-0.2, -0.15) is 0 Å². The fourth-order valence-electron chi connectivity index (χ4n) is 1.83. The van der Waals surface area contributed by atoms with Gasteiger partial charge in [-0.1, -0.05) is 26.8 Å². The summed E-state index contributed by atoms with van der Waals surface area (Å²) in [5.41, 5.74) is 0.629. The molecule has 19 heavy (non-hydrogen) atoms. The number of benzene rings is 1. The van der Waals surface area contributed by atoms with E-state index in [0.29, 0.717) is 13.2 Å². The Morgan fingerprint density at radius 1 is 1.21 bits per heavy atom. The van der Waals surface area contributed by atoms with Gasteiger partial charge in [-0.3, -0.25) is 4.79 Å². The fraction of sp³-hybridized carbons (Fsp3) is 0.533. The average molecular weight is 263 g/mol. The number of nitrogens with one attached hydrogen (secondary N) is 1. The summed E-state index contributed by atoms with van der Waals surface area (Å²) in [4.78, 5) is 12.0. The van der Waals surface area contributed by atoms with E-state index in [-0.39, 0.29) is 17.4 Å². The number of hydrogen-bond acceptors (Lipinski definition) is 3. The predicted molar refractivity (Wildman–Crippen MR) is 73.4 cm³/mol. The molecule has 1 aromatic carbocycles. The summed E-state index contributed by atoms with van der Waals surface area (Å²) >= 11 is 0. The summed E-state index contributed by atoms with van der Waals surface area (Å²) < 4.78 is 11.0. The lowest BCUT2D eigenvalue weighted by Gasteiger charge is -2.24. The van der Waals surface area contributed by atoms with Crippen LogP contribution in [0, 0.1) is 5.41 Å². The second kappa shape index (κ2) is 5.11. The average Bonchev–Trinajstić information content (AvgIpc) is 2.37. The van der Waals surface area contributed by atoms with E-state index in [2.05, 4.69) is 5.32 Å². The van der Waals surface area contributed by atoms with Crippen LogP contribution in [0.2, 0.25) is 0 Å². The van der Waals surface area contributed by atoms with Gasteiger partial charge in [-0.15, -0.1) is 0 Å². The zero-order valence-electron chi connectivity index (χ0n) is 11.9. The normalized spacial score (nSPS) is 15.8. The van der Waals surface area contributed by atoms with Crippen molar-refractivity contribution in [1.29, 1.82) is 0 Å². The number of fused-ring (bicyclic) bond motifs is 1. The third kappa shape index (κ3) is 3.19. The van der Waals surface area contributed by atoms with Crippen LogP contribution in [0.25, 0.3) is 0 Å². The molecular formula is C15H21NO3. The maximum absolute atomic E-state index is 12.0. The summed E-state index contributed by atoms with van der Waals surface area (Å²) in [5.74, 6) is 1.56. The molecule has 1 N–H and O–H groups in total. The van der Waals surface area contributed by atoms with Crippen molar-refractivity contribution < 1.29 is 14.3 Å². The molecule has 0 unspecified atom stereocenters. The van der Waals surface area contributed by atoms with Crippen LogP contribution in [-0.2, 0) is 4.79 Å². The molecule has 4 nitrogen and oxygen atoms in total. The molecule has 0 aliphatic carbocycles. The maximum atomic E-state index is 12.0. The molecule has 0 bridgehead atoms. The van der Waals surface area contributed by atoms with Crippen molar-refractivity contribution in [2.45, 2.75) is 33.7 Å². The van der Waals surface area contributed by atoms with Gasteiger partial charge >= 0.3 is 0 Å². The number of rotatable bonds is 2. The zero-order valence-corrected chi connectivity index (χ0v) is 11.9. The maximum Gasteiger partial charge on any atom is 0.225 e. The monoisotopic (exact) mass is 263 g/mol. The summed E-state index contributed by atoms with van der Waals surface area (Å²) in [6.07, 6.45) is 0. The van der Waals surface area contributed by atoms with Gasteiger partial charge in [0.1, 0.15) is 13.2 Å². The van der Waals surface area contributed by atoms with E-state index in [4.69, 9.17) is 9.47 Å². The molecule has 1 atom stereocenters. The molecule has 0 aromatic heterocycles. The lowest BCUT2D eigenvalue weighted by Crippen LogP contribution is -2.36. The first-order valence-electron chi connectivity index (χ1n) is 6.58. The second-order valence-electron chi connectivity index (χ2n) is 5.85. The molecule has 1 aliphatic rings. The minimum Gasteiger partial charge on any atom is -0.486 e. The van der Waals surface area contributed by atoms with Crippen molar-refractivity contribution in [3.05, 3.63) is 23.8 Å². The smallest absolute Gasteiger partial charge is 0.225 e. The lowest BCUT2D eigenvalue weighted by molar-refractivity contribution is -0.129. The highest BCUT2D eigenvalue weighted by Crippen LogP contribution is 2.32. The van der Waals surface area contributed by atoms with Gasteiger partial charge in [0, 0.05) is 5.41 Å². The first-order chi connectivity index (χ1) is 8.88. The number of amides is 1. The summed E-state index contributed by atoms with van der Waals surface area (Å²) in [6.45, 7) is 8.83. The molecule has 0 saturated heterocycles. The van der Waals surface area contributed by atoms with Gasteiger partial charge in [0.25, 0.3) is 0 Å². The highest BCUT2D eigenvalue weighted by molar-refractivity contribution is 5.81. The van der Waals surface area contributed by atoms with Crippen LogP contribution in [0.15, 0.2) is 18.2 Å². The topological polar surface area (TPSA) is 47.6 Å². The molecule has 0 saturated carbocycles. The third-order valence-corrected chi connectivity index (χ3v) is 3.10. The van der Waals surface area contributed by atoms with Gasteiger partial charge in [0.2, 0.25) is 5.91 Å². The summed E-state index contributed by atoms with van der Waals surface area (Å²) in [5, 5.41) is 3.01. The fourth-order valence-corrected chi connectivity index (χ4v) is 1.83. The first kappa shape index (κ1) is 13.7. The third-order valence-electron chi connectivity index (χ3n) is 3.10. The van der Waals surface area contributed by atoms with Crippen molar-refractivity contribution in [1.82, 2.24) is 5.32 Å². The van der Waals surface area contributed by atoms with Crippen LogP contribution < -0.4 is 14.8 Å². The molecule has 4 heteroatoms. The van der Waals surface area contributed by atoms with Crippen LogP contribution in [0.5, 0.6) is 11.5 Å². The van der Waals surface area contributed by atoms with Crippen molar-refractivity contribution in [3.8, 4) is 11.5 Å². The molecule has 0 spiro atoms. The molecule has 1 heterocycles. The Kier molecular flexibility index (Phi) is 3.69. The Balaban J connectivity index is 2.11. The zero-order chi connectivity index (χ0) is 14.0. The molecule has 1 amide bonds. The molecule has 0 fully saturated rings. The van der Waals surface area contributed by atoms with Gasteiger partial charge in [-0.25, -0.2) is 0 Å². The second-order valence-corrected chi connectivity index (χ2v) is 5.85. The molecule has 1 aliphatic heterocycles. The molecule has 1 aromatic rings. The van der Waals surface area contributed by atoms with Crippen LogP contribution in [-0.4, -0.2) is 19.1 Å². The van der Waals surface area contributed by atoms with E-state index < -0.39 is 0 Å². The van der Waals surface area contributed by atoms with Gasteiger partial charge < -0.3 is 14.8 Å². The Morgan fingerprint density at radius 3 is 2.47 bits per heavy atom. The van der Waals surface area contributed by atoms with Crippen LogP contribution >= 0.6 is 0 Å². The van der Waals surface area contributed by atoms with Crippen molar-refractivity contribution in [2.75, 3.05) is 13.2 Å². The first-order valence-corrected chi connectivity index (χ1v) is 6.58. The van der Waals surface area contributed by atoms with Crippen LogP contribution in [0.1, 0.15) is 39.3 Å². The van der Waals surface area contributed by atoms with E-state index in [9.17, 15) is 4.79 Å². The molecule has 0 radical (unpaired) electrons. The van der Waals surface area contributed by atoms with Crippen LogP contribution in [0.3, 0.4) is 0 Å². The van der Waals surface area contributed by atoms with Crippen LogP contribution in [0.4, 0.5) is 0 Å². The number of hydrogen-bond donors (Lipinski definition) is 1. The summed E-state index contributed by atoms with van der Waals surface area (Å²) in [7, 11) is 0. The van der Waals surface area contributed by atoms with Crippen molar-refractivity contribution in [3.63, 3.8) is 0 Å². The Labute approximate surface area is 114 Å². The highest BCUT2D eigenvalue weighted by atomic mass is 16.6. The van der Waals surface area contributed by atoms with Crippen molar-refractivity contribution >= 4 is 5.91 Å². The predicted octanol–water partition coefficient (Wildman–Crippen LogP) is 2.68. The van der Waals surface area contributed by atoms with Crippen molar-refractivity contribution in [2.24, 2.45) is 5.41 Å². The van der Waals surface area contributed by atoms with E-state index in [1.807, 2.05) is 45.9 Å². The Hall–Kier alpha value is -1.71. The highest BCUT2D eigenvalue weighted by Gasteiger charge is 2.23. The quantitative estimate of drug-likeness (QED) is 0.892. The van der Waals surface area contributed by atoms with E-state index in [1.165, 1.54) is 0 Å². The largest absolute Gasteiger partial charge is 0.486 e. The SMILES string of the molecule is C[C@H](NC(=O)C(C)(C)C)c1ccc2c(c1)OCCO2. The minimum atomic E-state index is -0.387. The number of carbonyl (C=O) groups excluding carboxylic acids is 1. The standard InChI is InChI=1S/C15H21NO3/c1-10(16-14(17)15(2,3)4)11-5-6-12-13(9-11)19-8-7-18-12/h5-6,9-10H,7-8H2,1-4H3,(H,16,17)/t10-/m0/s1. The van der Waals surface area contributed by atoms with Gasteiger partial charge in [0.05, 0.1) is 6.04 Å². The Bertz CT molecular complexity index is 477. The Morgan fingerprint density at radius 2 is 1.84 bits per heavy atom. The van der Waals surface area contributed by atoms with Gasteiger partial charge in [-0.05, 0) is 24.6 Å². The number of carbonyl (C=O) groups is 1. The molecular weight excluding hydrogens is 242 g/mol. The van der Waals surface area contributed by atoms with E-state index in [1.54, 1.807) is 0 Å². The lowest BCUT2D eigenvalue weighted by atomic mass is 9.94. The minimum absolute atomic E-state index is 0.0369. The number of ether oxygens (including phenoxy) is 2. The molecule has 104 valence electrons.